The molecule has 6 nitrogen and oxygen atoms in total. The summed E-state index contributed by atoms with van der Waals surface area (Å²) in [4.78, 5) is 2.37. The highest BCUT2D eigenvalue weighted by Crippen LogP contribution is 2.12. The van der Waals surface area contributed by atoms with Gasteiger partial charge < -0.3 is 11.1 Å². The molecular weight excluding hydrogens is 216 g/mol. The van der Waals surface area contributed by atoms with Crippen LogP contribution in [0.1, 0.15) is 5.82 Å². The molecule has 0 spiro atoms. The van der Waals surface area contributed by atoms with Crippen molar-refractivity contribution in [2.75, 3.05) is 31.9 Å². The molecule has 0 atom stereocenters. The Balaban J connectivity index is 1.87. The van der Waals surface area contributed by atoms with Gasteiger partial charge in [-0.3, -0.25) is 9.30 Å². The Hall–Kier alpha value is -1.66. The maximum Gasteiger partial charge on any atom is 0.184 e. The van der Waals surface area contributed by atoms with E-state index < -0.39 is 0 Å². The van der Waals surface area contributed by atoms with Gasteiger partial charge in [0.2, 0.25) is 0 Å². The molecule has 2 aromatic rings. The quantitative estimate of drug-likeness (QED) is 0.745. The standard InChI is InChI=1S/C11H16N6/c12-9-2-1-5-17-10(14-15-11(9)17)8-16-6-3-13-4-7-16/h1-2,5,13H,3-4,6-8,12H2. The third-order valence-electron chi connectivity index (χ3n) is 3.11. The van der Waals surface area contributed by atoms with Gasteiger partial charge in [-0.2, -0.15) is 0 Å². The molecule has 0 aliphatic carbocycles. The van der Waals surface area contributed by atoms with Crippen LogP contribution in [0.5, 0.6) is 0 Å². The van der Waals surface area contributed by atoms with Crippen LogP contribution in [0, 0.1) is 0 Å². The van der Waals surface area contributed by atoms with E-state index in [0.29, 0.717) is 5.69 Å². The predicted octanol–water partition coefficient (Wildman–Crippen LogP) is -0.283. The molecule has 3 heterocycles. The van der Waals surface area contributed by atoms with Gasteiger partial charge in [0.05, 0.1) is 12.2 Å². The van der Waals surface area contributed by atoms with E-state index in [1.807, 2.05) is 22.7 Å². The van der Waals surface area contributed by atoms with Gasteiger partial charge in [-0.05, 0) is 12.1 Å². The van der Waals surface area contributed by atoms with Gasteiger partial charge in [-0.25, -0.2) is 0 Å². The summed E-state index contributed by atoms with van der Waals surface area (Å²) in [6.07, 6.45) is 1.96. The van der Waals surface area contributed by atoms with Crippen molar-refractivity contribution in [1.29, 1.82) is 0 Å². The zero-order valence-corrected chi connectivity index (χ0v) is 9.63. The van der Waals surface area contributed by atoms with E-state index in [4.69, 9.17) is 5.73 Å². The first-order valence-electron chi connectivity index (χ1n) is 5.86. The minimum Gasteiger partial charge on any atom is -0.396 e. The second-order valence-corrected chi connectivity index (χ2v) is 4.30. The maximum atomic E-state index is 5.86. The molecule has 90 valence electrons. The smallest absolute Gasteiger partial charge is 0.184 e. The second-order valence-electron chi connectivity index (χ2n) is 4.30. The third-order valence-corrected chi connectivity index (χ3v) is 3.11. The van der Waals surface area contributed by atoms with Gasteiger partial charge in [0.25, 0.3) is 0 Å². The Morgan fingerprint density at radius 2 is 2.12 bits per heavy atom. The fourth-order valence-electron chi connectivity index (χ4n) is 2.16. The molecule has 1 aliphatic rings. The average Bonchev–Trinajstić information content (AvgIpc) is 2.76. The Kier molecular flexibility index (Phi) is 2.66. The molecular formula is C11H16N6. The van der Waals surface area contributed by atoms with Crippen LogP contribution in [0.2, 0.25) is 0 Å². The Morgan fingerprint density at radius 3 is 2.94 bits per heavy atom. The summed E-state index contributed by atoms with van der Waals surface area (Å²) in [6, 6.07) is 3.77. The average molecular weight is 232 g/mol. The number of hydrogen-bond acceptors (Lipinski definition) is 5. The monoisotopic (exact) mass is 232 g/mol. The van der Waals surface area contributed by atoms with E-state index in [-0.39, 0.29) is 0 Å². The third kappa shape index (κ3) is 1.96. The molecule has 2 aromatic heterocycles. The summed E-state index contributed by atoms with van der Waals surface area (Å²) < 4.78 is 1.97. The summed E-state index contributed by atoms with van der Waals surface area (Å²) in [5.41, 5.74) is 7.28. The van der Waals surface area contributed by atoms with E-state index in [1.54, 1.807) is 0 Å². The molecule has 0 amide bonds. The molecule has 0 radical (unpaired) electrons. The van der Waals surface area contributed by atoms with Crippen molar-refractivity contribution >= 4 is 11.3 Å². The fraction of sp³-hybridized carbons (Fsp3) is 0.455. The number of rotatable bonds is 2. The first-order chi connectivity index (χ1) is 8.34. The molecule has 0 aromatic carbocycles. The van der Waals surface area contributed by atoms with Crippen molar-refractivity contribution in [1.82, 2.24) is 24.8 Å². The zero-order valence-electron chi connectivity index (χ0n) is 9.63. The number of nitrogens with zero attached hydrogens (tertiary/aromatic N) is 4. The number of piperazine rings is 1. The van der Waals surface area contributed by atoms with Crippen LogP contribution >= 0.6 is 0 Å². The molecule has 1 fully saturated rings. The number of pyridine rings is 1. The summed E-state index contributed by atoms with van der Waals surface area (Å²) in [6.45, 7) is 5.01. The largest absolute Gasteiger partial charge is 0.396 e. The van der Waals surface area contributed by atoms with Crippen molar-refractivity contribution in [3.8, 4) is 0 Å². The number of fused-ring (bicyclic) bond motifs is 1. The Labute approximate surface area is 99.4 Å². The topological polar surface area (TPSA) is 71.5 Å². The van der Waals surface area contributed by atoms with Crippen LogP contribution in [0.3, 0.4) is 0 Å². The molecule has 6 heteroatoms. The predicted molar refractivity (Wildman–Crippen MR) is 65.5 cm³/mol. The van der Waals surface area contributed by atoms with Crippen LogP contribution in [0.25, 0.3) is 5.65 Å². The molecule has 3 N–H and O–H groups in total. The normalized spacial score (nSPS) is 17.6. The van der Waals surface area contributed by atoms with Crippen molar-refractivity contribution in [3.63, 3.8) is 0 Å². The zero-order chi connectivity index (χ0) is 11.7. The summed E-state index contributed by atoms with van der Waals surface area (Å²) in [5, 5.41) is 11.7. The lowest BCUT2D eigenvalue weighted by molar-refractivity contribution is 0.227. The van der Waals surface area contributed by atoms with Crippen LogP contribution < -0.4 is 11.1 Å². The number of anilines is 1. The van der Waals surface area contributed by atoms with Gasteiger partial charge in [0.15, 0.2) is 11.5 Å². The summed E-state index contributed by atoms with van der Waals surface area (Å²) in [5.74, 6) is 0.953. The lowest BCUT2D eigenvalue weighted by Gasteiger charge is -2.26. The van der Waals surface area contributed by atoms with Crippen molar-refractivity contribution < 1.29 is 0 Å². The SMILES string of the molecule is Nc1cccn2c(CN3CCNCC3)nnc12. The Morgan fingerprint density at radius 1 is 1.29 bits per heavy atom. The highest BCUT2D eigenvalue weighted by atomic mass is 15.3. The van der Waals surface area contributed by atoms with E-state index in [2.05, 4.69) is 20.4 Å². The fourth-order valence-corrected chi connectivity index (χ4v) is 2.16. The molecule has 0 unspecified atom stereocenters. The first-order valence-corrected chi connectivity index (χ1v) is 5.86. The lowest BCUT2D eigenvalue weighted by atomic mass is 10.3. The van der Waals surface area contributed by atoms with Crippen molar-refractivity contribution in [3.05, 3.63) is 24.2 Å². The number of aromatic nitrogens is 3. The number of nitrogen functional groups attached to an aromatic ring is 1. The summed E-state index contributed by atoms with van der Waals surface area (Å²) >= 11 is 0. The molecule has 17 heavy (non-hydrogen) atoms. The van der Waals surface area contributed by atoms with Gasteiger partial charge in [0, 0.05) is 32.4 Å². The molecule has 0 saturated carbocycles. The number of nitrogens with two attached hydrogens (primary N) is 1. The van der Waals surface area contributed by atoms with E-state index in [9.17, 15) is 0 Å². The van der Waals surface area contributed by atoms with Crippen molar-refractivity contribution in [2.24, 2.45) is 0 Å². The lowest BCUT2D eigenvalue weighted by Crippen LogP contribution is -2.43. The van der Waals surface area contributed by atoms with Gasteiger partial charge in [-0.15, -0.1) is 10.2 Å². The minimum absolute atomic E-state index is 0.673. The minimum atomic E-state index is 0.673. The second kappa shape index (κ2) is 4.31. The first kappa shape index (κ1) is 10.5. The summed E-state index contributed by atoms with van der Waals surface area (Å²) in [7, 11) is 0. The van der Waals surface area contributed by atoms with Gasteiger partial charge in [0.1, 0.15) is 0 Å². The molecule has 0 bridgehead atoms. The molecule has 1 saturated heterocycles. The van der Waals surface area contributed by atoms with Gasteiger partial charge in [-0.1, -0.05) is 0 Å². The van der Waals surface area contributed by atoms with Crippen LogP contribution in [0.4, 0.5) is 5.69 Å². The highest BCUT2D eigenvalue weighted by molar-refractivity contribution is 5.63. The highest BCUT2D eigenvalue weighted by Gasteiger charge is 2.14. The number of nitrogens with one attached hydrogen (secondary N) is 1. The maximum absolute atomic E-state index is 5.86. The van der Waals surface area contributed by atoms with Crippen LogP contribution in [-0.4, -0.2) is 45.7 Å². The molecule has 3 rings (SSSR count). The van der Waals surface area contributed by atoms with E-state index in [0.717, 1.165) is 44.2 Å². The van der Waals surface area contributed by atoms with E-state index in [1.165, 1.54) is 0 Å². The van der Waals surface area contributed by atoms with Gasteiger partial charge >= 0.3 is 0 Å². The Bertz CT molecular complexity index is 514. The molecule has 1 aliphatic heterocycles. The van der Waals surface area contributed by atoms with Crippen molar-refractivity contribution in [2.45, 2.75) is 6.54 Å². The van der Waals surface area contributed by atoms with E-state index >= 15 is 0 Å². The van der Waals surface area contributed by atoms with Crippen LogP contribution in [0.15, 0.2) is 18.3 Å². The number of hydrogen-bond donors (Lipinski definition) is 2. The van der Waals surface area contributed by atoms with Crippen LogP contribution in [-0.2, 0) is 6.54 Å².